The van der Waals surface area contributed by atoms with Crippen LogP contribution in [0.3, 0.4) is 0 Å². The number of hydrogen-bond acceptors (Lipinski definition) is 3. The zero-order valence-corrected chi connectivity index (χ0v) is 38.3. The van der Waals surface area contributed by atoms with Crippen molar-refractivity contribution in [2.24, 2.45) is 11.8 Å². The van der Waals surface area contributed by atoms with Gasteiger partial charge in [-0.15, -0.1) is 18.2 Å². The first-order chi connectivity index (χ1) is 25.9. The van der Waals surface area contributed by atoms with Crippen molar-refractivity contribution >= 4 is 39.6 Å². The molecule has 0 saturated heterocycles. The number of fused-ring (bicyclic) bond motifs is 3. The fourth-order valence-electron chi connectivity index (χ4n) is 8.49. The fourth-order valence-corrected chi connectivity index (χ4v) is 11.8. The van der Waals surface area contributed by atoms with E-state index >= 15 is 0 Å². The molecule has 1 saturated carbocycles. The molecule has 0 spiro atoms. The number of aromatic nitrogens is 2. The molecule has 4 aromatic carbocycles. The van der Waals surface area contributed by atoms with Crippen molar-refractivity contribution in [1.29, 1.82) is 0 Å². The molecule has 0 atom stereocenters. The number of nitrogens with zero attached hydrogens (tertiary/aromatic N) is 2. The van der Waals surface area contributed by atoms with Crippen molar-refractivity contribution in [2.45, 2.75) is 90.4 Å². The Morgan fingerprint density at radius 3 is 2.25 bits per heavy atom. The topological polar surface area (TPSA) is 38.9 Å². The van der Waals surface area contributed by atoms with E-state index in [1.165, 1.54) is 64.6 Å². The normalized spacial score (nSPS) is 13.3. The quantitative estimate of drug-likeness (QED) is 0.113. The molecule has 1 aliphatic carbocycles. The summed E-state index contributed by atoms with van der Waals surface area (Å²) in [7, 11) is 0. The summed E-state index contributed by atoms with van der Waals surface area (Å²) in [6, 6.07) is 36.7. The Kier molecular flexibility index (Phi) is 13.0. The predicted molar refractivity (Wildman–Crippen MR) is 231 cm³/mol. The summed E-state index contributed by atoms with van der Waals surface area (Å²) in [5.41, 5.74) is 15.1. The summed E-state index contributed by atoms with van der Waals surface area (Å²) in [6.45, 7) is 11.1. The van der Waals surface area contributed by atoms with Gasteiger partial charge in [0.25, 0.3) is 0 Å². The van der Waals surface area contributed by atoms with Gasteiger partial charge < -0.3 is 9.40 Å². The van der Waals surface area contributed by atoms with Crippen molar-refractivity contribution in [3.05, 3.63) is 137 Å². The Labute approximate surface area is 345 Å². The van der Waals surface area contributed by atoms with Crippen LogP contribution >= 0.6 is 0 Å². The maximum Gasteiger partial charge on any atom is 0.121 e. The van der Waals surface area contributed by atoms with Gasteiger partial charge in [-0.2, -0.15) is 0 Å². The van der Waals surface area contributed by atoms with E-state index in [-0.39, 0.29) is 20.1 Å². The Balaban J connectivity index is 0.000000211. The second kappa shape index (κ2) is 17.5. The molecule has 1 radical (unpaired) electrons. The van der Waals surface area contributed by atoms with E-state index in [0.717, 1.165) is 63.2 Å². The standard InChI is InChI=1S/C32H30NO.C18H24GeN.Ir/c1-20-15-21(2)31(22(3)16-20)25-11-12-26-27-9-6-10-28(32(27)34-30(26)19-25)29-18-24(13-14-33-29)17-23-7-4-5-8-23;1-14(2)11-16-12-18(15-9-7-6-8-10-15)20-13-17(16)19(3,4)5;/h6,9,11-16,18-19,23H,4-5,7-8,17H2,1-3H3;6-9,12-14H,11H2,1-5H3;/q2*-1;. The van der Waals surface area contributed by atoms with Crippen LogP contribution in [-0.4, -0.2) is 23.2 Å². The molecule has 0 N–H and O–H groups in total. The first kappa shape index (κ1) is 40.8. The van der Waals surface area contributed by atoms with Gasteiger partial charge in [0, 0.05) is 31.7 Å². The zero-order chi connectivity index (χ0) is 38.0. The van der Waals surface area contributed by atoms with Crippen LogP contribution in [0, 0.1) is 44.7 Å². The van der Waals surface area contributed by atoms with Crippen LogP contribution in [0.15, 0.2) is 102 Å². The number of aryl methyl sites for hydroxylation is 3. The van der Waals surface area contributed by atoms with Gasteiger partial charge >= 0.3 is 126 Å². The van der Waals surface area contributed by atoms with E-state index in [2.05, 4.69) is 131 Å². The summed E-state index contributed by atoms with van der Waals surface area (Å²) >= 11 is -1.86. The van der Waals surface area contributed by atoms with E-state index in [0.29, 0.717) is 5.92 Å². The smallest absolute Gasteiger partial charge is 0.121 e. The van der Waals surface area contributed by atoms with Crippen molar-refractivity contribution in [3.63, 3.8) is 0 Å². The SMILES string of the molecule is CC(C)Cc1cc(-c2[c-]cccc2)nc[c]1[Ge]([CH3])([CH3])[CH3].Cc1cc(C)c(-c2ccc3c(c2)oc2c(-c4cc(CC5CCCC5)ccn4)[c-]ccc23)c(C)c1.[Ir]. The van der Waals surface area contributed by atoms with Crippen molar-refractivity contribution < 1.29 is 24.5 Å². The van der Waals surface area contributed by atoms with Gasteiger partial charge in [0.2, 0.25) is 0 Å². The van der Waals surface area contributed by atoms with Crippen LogP contribution in [0.2, 0.25) is 17.3 Å². The van der Waals surface area contributed by atoms with E-state index in [9.17, 15) is 0 Å². The molecule has 3 heterocycles. The number of furan rings is 1. The minimum Gasteiger partial charge on any atom is -0.501 e. The number of rotatable bonds is 8. The van der Waals surface area contributed by atoms with Crippen molar-refractivity contribution in [3.8, 4) is 33.6 Å². The largest absolute Gasteiger partial charge is 0.501 e. The second-order valence-electron chi connectivity index (χ2n) is 16.9. The molecule has 3 nitrogen and oxygen atoms in total. The average Bonchev–Trinajstić information content (AvgIpc) is 3.79. The van der Waals surface area contributed by atoms with E-state index in [1.54, 1.807) is 4.40 Å². The Morgan fingerprint density at radius 1 is 0.800 bits per heavy atom. The molecule has 1 fully saturated rings. The Hall–Kier alpha value is -3.83. The molecule has 8 rings (SSSR count). The Morgan fingerprint density at radius 2 is 1.56 bits per heavy atom. The number of pyridine rings is 2. The van der Waals surface area contributed by atoms with Crippen molar-refractivity contribution in [2.75, 3.05) is 0 Å². The third kappa shape index (κ3) is 9.42. The van der Waals surface area contributed by atoms with Gasteiger partial charge in [0.05, 0.1) is 5.58 Å². The van der Waals surface area contributed by atoms with Gasteiger partial charge in [0.1, 0.15) is 5.58 Å². The number of benzene rings is 4. The molecule has 55 heavy (non-hydrogen) atoms. The molecule has 7 aromatic rings. The molecule has 0 amide bonds. The summed E-state index contributed by atoms with van der Waals surface area (Å²) in [4.78, 5) is 9.41. The van der Waals surface area contributed by atoms with Crippen LogP contribution in [0.25, 0.3) is 55.6 Å². The van der Waals surface area contributed by atoms with Crippen LogP contribution in [0.5, 0.6) is 0 Å². The maximum atomic E-state index is 6.51. The summed E-state index contributed by atoms with van der Waals surface area (Å²) in [6.07, 6.45) is 11.8. The van der Waals surface area contributed by atoms with Crippen LogP contribution in [0.4, 0.5) is 0 Å². The second-order valence-corrected chi connectivity index (χ2v) is 27.5. The number of hydrogen-bond donors (Lipinski definition) is 0. The van der Waals surface area contributed by atoms with E-state index in [1.807, 2.05) is 30.5 Å². The summed E-state index contributed by atoms with van der Waals surface area (Å²) < 4.78 is 8.05. The zero-order valence-electron chi connectivity index (χ0n) is 33.8. The van der Waals surface area contributed by atoms with Gasteiger partial charge in [-0.05, 0) is 73.2 Å². The predicted octanol–water partition coefficient (Wildman–Crippen LogP) is 13.1. The molecular weight excluding hydrogens is 909 g/mol. The van der Waals surface area contributed by atoms with E-state index in [4.69, 9.17) is 14.4 Å². The van der Waals surface area contributed by atoms with Gasteiger partial charge in [-0.25, -0.2) is 0 Å². The maximum absolute atomic E-state index is 6.51. The molecule has 5 heteroatoms. The molecule has 285 valence electrons. The molecule has 0 bridgehead atoms. The first-order valence-electron chi connectivity index (χ1n) is 19.8. The first-order valence-corrected chi connectivity index (χ1v) is 27.2. The molecule has 0 unspecified atom stereocenters. The monoisotopic (exact) mass is 965 g/mol. The van der Waals surface area contributed by atoms with Crippen LogP contribution < -0.4 is 4.40 Å². The third-order valence-electron chi connectivity index (χ3n) is 10.9. The Bertz CT molecular complexity index is 2380. The summed E-state index contributed by atoms with van der Waals surface area (Å²) in [5.74, 6) is 8.81. The molecule has 0 aliphatic heterocycles. The molecular formula is C50H54GeIrN2O-2. The van der Waals surface area contributed by atoms with Crippen LogP contribution in [-0.2, 0) is 32.9 Å². The van der Waals surface area contributed by atoms with Gasteiger partial charge in [-0.1, -0.05) is 78.1 Å². The fraction of sp³-hybridized carbons (Fsp3) is 0.320. The molecule has 3 aromatic heterocycles. The third-order valence-corrected chi connectivity index (χ3v) is 15.2. The van der Waals surface area contributed by atoms with Gasteiger partial charge in [0.15, 0.2) is 0 Å². The minimum atomic E-state index is -1.86. The summed E-state index contributed by atoms with van der Waals surface area (Å²) in [5, 5.41) is 2.26. The van der Waals surface area contributed by atoms with E-state index < -0.39 is 13.3 Å². The average molecular weight is 964 g/mol. The molecule has 1 aliphatic rings. The van der Waals surface area contributed by atoms with Gasteiger partial charge in [-0.3, -0.25) is 0 Å². The van der Waals surface area contributed by atoms with Crippen molar-refractivity contribution in [1.82, 2.24) is 9.97 Å². The minimum absolute atomic E-state index is 0. The van der Waals surface area contributed by atoms with Crippen LogP contribution in [0.1, 0.15) is 67.3 Å².